The molecule has 0 radical (unpaired) electrons. The van der Waals surface area contributed by atoms with Crippen molar-refractivity contribution in [3.63, 3.8) is 0 Å². The van der Waals surface area contributed by atoms with Crippen LogP contribution in [0.15, 0.2) is 18.2 Å². The van der Waals surface area contributed by atoms with E-state index in [1.807, 2.05) is 26.0 Å². The number of halogens is 2. The minimum atomic E-state index is 0.0509. The van der Waals surface area contributed by atoms with Crippen molar-refractivity contribution in [2.45, 2.75) is 26.4 Å². The van der Waals surface area contributed by atoms with Crippen molar-refractivity contribution in [1.29, 1.82) is 0 Å². The highest BCUT2D eigenvalue weighted by Gasteiger charge is 2.14. The van der Waals surface area contributed by atoms with Crippen LogP contribution >= 0.6 is 34.7 Å². The fourth-order valence-corrected chi connectivity index (χ4v) is 2.97. The van der Waals surface area contributed by atoms with Gasteiger partial charge in [-0.25, -0.2) is 0 Å². The van der Waals surface area contributed by atoms with Crippen LogP contribution in [0.25, 0.3) is 0 Å². The SMILES string of the molecule is CC(C)Oc1c(N)nsc1NCCc1ccc(Cl)cc1Cl. The normalized spacial score (nSPS) is 10.9. The van der Waals surface area contributed by atoms with Gasteiger partial charge in [0, 0.05) is 16.6 Å². The molecule has 1 aromatic carbocycles. The average Bonchev–Trinajstić information content (AvgIpc) is 2.73. The zero-order valence-electron chi connectivity index (χ0n) is 11.8. The van der Waals surface area contributed by atoms with Crippen LogP contribution in [0, 0.1) is 0 Å². The van der Waals surface area contributed by atoms with Crippen LogP contribution in [0.4, 0.5) is 10.8 Å². The van der Waals surface area contributed by atoms with Crippen molar-refractivity contribution in [1.82, 2.24) is 4.37 Å². The van der Waals surface area contributed by atoms with Gasteiger partial charge < -0.3 is 15.8 Å². The van der Waals surface area contributed by atoms with Crippen LogP contribution < -0.4 is 15.8 Å². The van der Waals surface area contributed by atoms with Gasteiger partial charge in [0.15, 0.2) is 16.6 Å². The van der Waals surface area contributed by atoms with Gasteiger partial charge in [-0.3, -0.25) is 0 Å². The van der Waals surface area contributed by atoms with Gasteiger partial charge in [0.2, 0.25) is 0 Å². The van der Waals surface area contributed by atoms with Crippen molar-refractivity contribution < 1.29 is 4.74 Å². The van der Waals surface area contributed by atoms with Crippen LogP contribution in [0.1, 0.15) is 19.4 Å². The predicted octanol–water partition coefficient (Wildman–Crippen LogP) is 4.47. The lowest BCUT2D eigenvalue weighted by Crippen LogP contribution is -2.10. The molecule has 0 fully saturated rings. The van der Waals surface area contributed by atoms with Crippen LogP contribution in [0.3, 0.4) is 0 Å². The minimum absolute atomic E-state index is 0.0509. The van der Waals surface area contributed by atoms with Crippen LogP contribution in [-0.4, -0.2) is 17.0 Å². The van der Waals surface area contributed by atoms with E-state index in [2.05, 4.69) is 9.69 Å². The second kappa shape index (κ2) is 7.20. The maximum Gasteiger partial charge on any atom is 0.197 e. The predicted molar refractivity (Wildman–Crippen MR) is 90.9 cm³/mol. The number of nitrogens with two attached hydrogens (primary N) is 1. The Hall–Kier alpha value is -1.17. The third-order valence-electron chi connectivity index (χ3n) is 2.72. The van der Waals surface area contributed by atoms with Gasteiger partial charge in [-0.1, -0.05) is 29.3 Å². The highest BCUT2D eigenvalue weighted by atomic mass is 35.5. The van der Waals surface area contributed by atoms with Gasteiger partial charge >= 0.3 is 0 Å². The van der Waals surface area contributed by atoms with Gasteiger partial charge in [0.25, 0.3) is 0 Å². The van der Waals surface area contributed by atoms with Crippen molar-refractivity contribution in [3.05, 3.63) is 33.8 Å². The topological polar surface area (TPSA) is 60.2 Å². The molecular formula is C14H17Cl2N3OS. The Morgan fingerprint density at radius 2 is 2.14 bits per heavy atom. The second-order valence-corrected chi connectivity index (χ2v) is 6.42. The molecule has 0 unspecified atom stereocenters. The fraction of sp³-hybridized carbons (Fsp3) is 0.357. The number of benzene rings is 1. The zero-order valence-corrected chi connectivity index (χ0v) is 14.1. The molecule has 3 N–H and O–H groups in total. The number of aromatic nitrogens is 1. The molecule has 0 aliphatic carbocycles. The molecule has 4 nitrogen and oxygen atoms in total. The van der Waals surface area contributed by atoms with E-state index >= 15 is 0 Å². The third kappa shape index (κ3) is 4.40. The first-order valence-electron chi connectivity index (χ1n) is 6.57. The van der Waals surface area contributed by atoms with E-state index in [9.17, 15) is 0 Å². The first-order chi connectivity index (χ1) is 9.97. The summed E-state index contributed by atoms with van der Waals surface area (Å²) in [6, 6.07) is 5.51. The Bertz CT molecular complexity index is 616. The fourth-order valence-electron chi connectivity index (χ4n) is 1.79. The molecule has 0 spiro atoms. The molecule has 1 aromatic heterocycles. The van der Waals surface area contributed by atoms with E-state index < -0.39 is 0 Å². The summed E-state index contributed by atoms with van der Waals surface area (Å²) in [5.41, 5.74) is 6.85. The number of anilines is 2. The number of ether oxygens (including phenoxy) is 1. The molecule has 0 saturated carbocycles. The highest BCUT2D eigenvalue weighted by Crippen LogP contribution is 2.35. The van der Waals surface area contributed by atoms with Gasteiger partial charge in [0.1, 0.15) is 0 Å². The summed E-state index contributed by atoms with van der Waals surface area (Å²) in [5, 5.41) is 5.44. The third-order valence-corrected chi connectivity index (χ3v) is 4.11. The zero-order chi connectivity index (χ0) is 15.4. The molecule has 0 amide bonds. The number of rotatable bonds is 6. The Labute approximate surface area is 138 Å². The molecule has 0 bridgehead atoms. The maximum absolute atomic E-state index is 6.15. The summed E-state index contributed by atoms with van der Waals surface area (Å²) >= 11 is 13.3. The summed E-state index contributed by atoms with van der Waals surface area (Å²) in [5.74, 6) is 1.04. The highest BCUT2D eigenvalue weighted by molar-refractivity contribution is 7.11. The molecule has 2 rings (SSSR count). The molecule has 21 heavy (non-hydrogen) atoms. The molecule has 0 atom stereocenters. The molecule has 114 valence electrons. The molecule has 0 saturated heterocycles. The number of hydrogen-bond donors (Lipinski definition) is 2. The van der Waals surface area contributed by atoms with E-state index in [1.165, 1.54) is 11.5 Å². The van der Waals surface area contributed by atoms with E-state index in [1.54, 1.807) is 6.07 Å². The lowest BCUT2D eigenvalue weighted by atomic mass is 10.1. The monoisotopic (exact) mass is 345 g/mol. The number of nitrogens with zero attached hydrogens (tertiary/aromatic N) is 1. The number of nitrogen functional groups attached to an aromatic ring is 1. The Kier molecular flexibility index (Phi) is 5.56. The molecule has 0 aliphatic heterocycles. The van der Waals surface area contributed by atoms with Crippen molar-refractivity contribution in [3.8, 4) is 5.75 Å². The summed E-state index contributed by atoms with van der Waals surface area (Å²) in [6.45, 7) is 4.61. The minimum Gasteiger partial charge on any atom is -0.484 e. The van der Waals surface area contributed by atoms with Crippen molar-refractivity contribution in [2.24, 2.45) is 0 Å². The smallest absolute Gasteiger partial charge is 0.197 e. The maximum atomic E-state index is 6.15. The first-order valence-corrected chi connectivity index (χ1v) is 8.10. The van der Waals surface area contributed by atoms with Crippen molar-refractivity contribution >= 4 is 45.6 Å². The Balaban J connectivity index is 1.97. The molecule has 1 heterocycles. The number of nitrogens with one attached hydrogen (secondary N) is 1. The molecule has 0 aliphatic rings. The molecule has 7 heteroatoms. The Morgan fingerprint density at radius 3 is 2.81 bits per heavy atom. The van der Waals surface area contributed by atoms with E-state index in [0.717, 1.165) is 17.0 Å². The van der Waals surface area contributed by atoms with Gasteiger partial charge in [-0.05, 0) is 49.5 Å². The quantitative estimate of drug-likeness (QED) is 0.810. The van der Waals surface area contributed by atoms with Crippen molar-refractivity contribution in [2.75, 3.05) is 17.6 Å². The molecule has 2 aromatic rings. The van der Waals surface area contributed by atoms with Gasteiger partial charge in [0.05, 0.1) is 6.10 Å². The average molecular weight is 346 g/mol. The Morgan fingerprint density at radius 1 is 1.38 bits per heavy atom. The number of hydrogen-bond acceptors (Lipinski definition) is 5. The van der Waals surface area contributed by atoms with E-state index in [-0.39, 0.29) is 6.10 Å². The first kappa shape index (κ1) is 16.2. The van der Waals surface area contributed by atoms with Crippen LogP contribution in [-0.2, 0) is 6.42 Å². The van der Waals surface area contributed by atoms with E-state index in [4.69, 9.17) is 33.7 Å². The molecular weight excluding hydrogens is 329 g/mol. The lowest BCUT2D eigenvalue weighted by Gasteiger charge is -2.12. The summed E-state index contributed by atoms with van der Waals surface area (Å²) < 4.78 is 9.79. The lowest BCUT2D eigenvalue weighted by molar-refractivity contribution is 0.245. The largest absolute Gasteiger partial charge is 0.484 e. The summed E-state index contributed by atoms with van der Waals surface area (Å²) in [7, 11) is 0. The summed E-state index contributed by atoms with van der Waals surface area (Å²) in [6.07, 6.45) is 0.824. The van der Waals surface area contributed by atoms with E-state index in [0.29, 0.717) is 28.2 Å². The van der Waals surface area contributed by atoms with Gasteiger partial charge in [-0.2, -0.15) is 4.37 Å². The standard InChI is InChI=1S/C14H17Cl2N3OS/c1-8(2)20-12-13(17)19-21-14(12)18-6-5-9-3-4-10(15)7-11(9)16/h3-4,7-8,18H,5-6H2,1-2H3,(H2,17,19). The van der Waals surface area contributed by atoms with Crippen LogP contribution in [0.2, 0.25) is 10.0 Å². The summed E-state index contributed by atoms with van der Waals surface area (Å²) in [4.78, 5) is 0. The van der Waals surface area contributed by atoms with Crippen LogP contribution in [0.5, 0.6) is 5.75 Å². The second-order valence-electron chi connectivity index (χ2n) is 4.81. The van der Waals surface area contributed by atoms with Gasteiger partial charge in [-0.15, -0.1) is 0 Å².